The van der Waals surface area contributed by atoms with E-state index in [0.717, 1.165) is 25.7 Å². The highest BCUT2D eigenvalue weighted by Gasteiger charge is 2.20. The highest BCUT2D eigenvalue weighted by Crippen LogP contribution is 2.23. The summed E-state index contributed by atoms with van der Waals surface area (Å²) in [6.45, 7) is 2.27. The molecular weight excluding hydrogens is 245 g/mol. The van der Waals surface area contributed by atoms with Gasteiger partial charge >= 0.3 is 0 Å². The van der Waals surface area contributed by atoms with Crippen molar-refractivity contribution in [3.63, 3.8) is 0 Å². The number of hydrogen-bond acceptors (Lipinski definition) is 2. The van der Waals surface area contributed by atoms with Crippen molar-refractivity contribution in [2.75, 3.05) is 6.54 Å². The first-order valence-electron chi connectivity index (χ1n) is 6.78. The molecule has 1 aromatic carbocycles. The Bertz CT molecular complexity index is 453. The number of rotatable bonds is 3. The van der Waals surface area contributed by atoms with Crippen molar-refractivity contribution in [2.45, 2.75) is 38.7 Å². The van der Waals surface area contributed by atoms with Gasteiger partial charge in [-0.15, -0.1) is 0 Å². The Labute approximate surface area is 112 Å². The number of aliphatic hydroxyl groups is 1. The van der Waals surface area contributed by atoms with Gasteiger partial charge in [-0.1, -0.05) is 6.07 Å². The van der Waals surface area contributed by atoms with Gasteiger partial charge < -0.3 is 10.4 Å². The van der Waals surface area contributed by atoms with Crippen LogP contribution in [-0.4, -0.2) is 23.7 Å². The second kappa shape index (κ2) is 6.15. The van der Waals surface area contributed by atoms with Crippen molar-refractivity contribution in [3.05, 3.63) is 35.1 Å². The highest BCUT2D eigenvalue weighted by molar-refractivity contribution is 5.94. The van der Waals surface area contributed by atoms with E-state index in [1.54, 1.807) is 19.1 Å². The molecule has 0 saturated heterocycles. The summed E-state index contributed by atoms with van der Waals surface area (Å²) in [4.78, 5) is 11.9. The number of hydrogen-bond donors (Lipinski definition) is 2. The van der Waals surface area contributed by atoms with E-state index in [1.807, 2.05) is 0 Å². The summed E-state index contributed by atoms with van der Waals surface area (Å²) in [6, 6.07) is 4.52. The molecule has 1 saturated carbocycles. The van der Waals surface area contributed by atoms with Crippen LogP contribution in [0.4, 0.5) is 4.39 Å². The fourth-order valence-electron chi connectivity index (χ4n) is 2.42. The molecule has 0 unspecified atom stereocenters. The van der Waals surface area contributed by atoms with Gasteiger partial charge in [-0.2, -0.15) is 0 Å². The van der Waals surface area contributed by atoms with Crippen LogP contribution in [0.1, 0.15) is 41.6 Å². The molecular formula is C15H20FNO2. The van der Waals surface area contributed by atoms with Crippen molar-refractivity contribution in [1.29, 1.82) is 0 Å². The summed E-state index contributed by atoms with van der Waals surface area (Å²) in [7, 11) is 0. The van der Waals surface area contributed by atoms with E-state index in [2.05, 4.69) is 5.32 Å². The van der Waals surface area contributed by atoms with E-state index < -0.39 is 0 Å². The second-order valence-electron chi connectivity index (χ2n) is 5.35. The van der Waals surface area contributed by atoms with E-state index in [4.69, 9.17) is 0 Å². The van der Waals surface area contributed by atoms with Gasteiger partial charge in [0.05, 0.1) is 6.10 Å². The average molecular weight is 265 g/mol. The summed E-state index contributed by atoms with van der Waals surface area (Å²) in [5.41, 5.74) is 0.900. The standard InChI is InChI=1S/C15H20FNO2/c1-10-2-5-12(8-14(10)16)15(19)17-9-11-3-6-13(18)7-4-11/h2,5,8,11,13,18H,3-4,6-7,9H2,1H3,(H,17,19). The minimum absolute atomic E-state index is 0.182. The van der Waals surface area contributed by atoms with Gasteiger partial charge in [0.2, 0.25) is 0 Å². The lowest BCUT2D eigenvalue weighted by Gasteiger charge is -2.25. The number of benzene rings is 1. The molecule has 19 heavy (non-hydrogen) atoms. The van der Waals surface area contributed by atoms with Crippen LogP contribution in [0.2, 0.25) is 0 Å². The van der Waals surface area contributed by atoms with Crippen LogP contribution in [0.25, 0.3) is 0 Å². The minimum Gasteiger partial charge on any atom is -0.393 e. The molecule has 0 radical (unpaired) electrons. The Morgan fingerprint density at radius 1 is 1.37 bits per heavy atom. The van der Waals surface area contributed by atoms with Crippen LogP contribution < -0.4 is 5.32 Å². The fourth-order valence-corrected chi connectivity index (χ4v) is 2.42. The molecule has 4 heteroatoms. The summed E-state index contributed by atoms with van der Waals surface area (Å²) in [6.07, 6.45) is 3.30. The number of halogens is 1. The van der Waals surface area contributed by atoms with Gasteiger partial charge in [0, 0.05) is 12.1 Å². The molecule has 0 aliphatic heterocycles. The van der Waals surface area contributed by atoms with Gasteiger partial charge in [-0.3, -0.25) is 4.79 Å². The summed E-state index contributed by atoms with van der Waals surface area (Å²) in [5.74, 6) is -0.166. The predicted octanol–water partition coefficient (Wildman–Crippen LogP) is 2.42. The van der Waals surface area contributed by atoms with Crippen molar-refractivity contribution in [1.82, 2.24) is 5.32 Å². The number of amides is 1. The number of carbonyl (C=O) groups excluding carboxylic acids is 1. The van der Waals surface area contributed by atoms with Gasteiger partial charge in [-0.05, 0) is 56.2 Å². The molecule has 104 valence electrons. The van der Waals surface area contributed by atoms with Crippen LogP contribution in [-0.2, 0) is 0 Å². The van der Waals surface area contributed by atoms with Gasteiger partial charge in [0.25, 0.3) is 5.91 Å². The van der Waals surface area contributed by atoms with Crippen molar-refractivity contribution in [3.8, 4) is 0 Å². The van der Waals surface area contributed by atoms with Crippen LogP contribution in [0, 0.1) is 18.7 Å². The number of nitrogens with one attached hydrogen (secondary N) is 1. The predicted molar refractivity (Wildman–Crippen MR) is 71.4 cm³/mol. The topological polar surface area (TPSA) is 49.3 Å². The molecule has 2 N–H and O–H groups in total. The Hall–Kier alpha value is -1.42. The van der Waals surface area contributed by atoms with Gasteiger partial charge in [0.1, 0.15) is 5.82 Å². The fraction of sp³-hybridized carbons (Fsp3) is 0.533. The number of carbonyl (C=O) groups is 1. The van der Waals surface area contributed by atoms with Crippen LogP contribution in [0.3, 0.4) is 0 Å². The summed E-state index contributed by atoms with van der Waals surface area (Å²) < 4.78 is 13.4. The zero-order chi connectivity index (χ0) is 13.8. The molecule has 0 atom stereocenters. The average Bonchev–Trinajstić information content (AvgIpc) is 2.41. The number of aliphatic hydroxyl groups excluding tert-OH is 1. The zero-order valence-corrected chi connectivity index (χ0v) is 11.2. The smallest absolute Gasteiger partial charge is 0.251 e. The maximum absolute atomic E-state index is 13.4. The molecule has 3 nitrogen and oxygen atoms in total. The largest absolute Gasteiger partial charge is 0.393 e. The first-order valence-corrected chi connectivity index (χ1v) is 6.78. The third-order valence-corrected chi connectivity index (χ3v) is 3.80. The first kappa shape index (κ1) is 14.0. The number of aryl methyl sites for hydroxylation is 1. The van der Waals surface area contributed by atoms with E-state index in [1.165, 1.54) is 6.07 Å². The third kappa shape index (κ3) is 3.77. The minimum atomic E-state index is -0.353. The van der Waals surface area contributed by atoms with Crippen molar-refractivity contribution < 1.29 is 14.3 Å². The Kier molecular flexibility index (Phi) is 4.53. The first-order chi connectivity index (χ1) is 9.06. The summed E-state index contributed by atoms with van der Waals surface area (Å²) >= 11 is 0. The maximum Gasteiger partial charge on any atom is 0.251 e. The molecule has 1 aromatic rings. The molecule has 1 amide bonds. The van der Waals surface area contributed by atoms with Crippen molar-refractivity contribution >= 4 is 5.91 Å². The Balaban J connectivity index is 1.85. The third-order valence-electron chi connectivity index (χ3n) is 3.80. The van der Waals surface area contributed by atoms with E-state index in [-0.39, 0.29) is 17.8 Å². The molecule has 0 aromatic heterocycles. The molecule has 0 heterocycles. The quantitative estimate of drug-likeness (QED) is 0.881. The molecule has 1 aliphatic carbocycles. The monoisotopic (exact) mass is 265 g/mol. The highest BCUT2D eigenvalue weighted by atomic mass is 19.1. The van der Waals surface area contributed by atoms with Crippen LogP contribution >= 0.6 is 0 Å². The molecule has 1 aliphatic rings. The lowest BCUT2D eigenvalue weighted by atomic mass is 9.87. The normalized spacial score (nSPS) is 23.1. The lowest BCUT2D eigenvalue weighted by Crippen LogP contribution is -2.32. The maximum atomic E-state index is 13.4. The molecule has 1 fully saturated rings. The molecule has 0 bridgehead atoms. The van der Waals surface area contributed by atoms with Gasteiger partial charge in [-0.25, -0.2) is 4.39 Å². The van der Waals surface area contributed by atoms with Crippen LogP contribution in [0.15, 0.2) is 18.2 Å². The van der Waals surface area contributed by atoms with E-state index in [9.17, 15) is 14.3 Å². The summed E-state index contributed by atoms with van der Waals surface area (Å²) in [5, 5.41) is 12.3. The molecule has 0 spiro atoms. The zero-order valence-electron chi connectivity index (χ0n) is 11.2. The van der Waals surface area contributed by atoms with Crippen molar-refractivity contribution in [2.24, 2.45) is 5.92 Å². The SMILES string of the molecule is Cc1ccc(C(=O)NCC2CCC(O)CC2)cc1F. The second-order valence-corrected chi connectivity index (χ2v) is 5.35. The Morgan fingerprint density at radius 3 is 2.68 bits per heavy atom. The van der Waals surface area contributed by atoms with E-state index >= 15 is 0 Å². The van der Waals surface area contributed by atoms with E-state index in [0.29, 0.717) is 23.6 Å². The lowest BCUT2D eigenvalue weighted by molar-refractivity contribution is 0.0910. The van der Waals surface area contributed by atoms with Crippen LogP contribution in [0.5, 0.6) is 0 Å². The van der Waals surface area contributed by atoms with Gasteiger partial charge in [0.15, 0.2) is 0 Å². The Morgan fingerprint density at radius 2 is 2.05 bits per heavy atom. The molecule has 2 rings (SSSR count).